The molecule has 0 saturated carbocycles. The van der Waals surface area contributed by atoms with Gasteiger partial charge in [0.25, 0.3) is 5.91 Å². The lowest BCUT2D eigenvalue weighted by Gasteiger charge is -2.32. The molecule has 3 nitrogen and oxygen atoms in total. The summed E-state index contributed by atoms with van der Waals surface area (Å²) in [4.78, 5) is 14.9. The van der Waals surface area contributed by atoms with Crippen LogP contribution in [-0.2, 0) is 11.3 Å². The number of nitrogens with zero attached hydrogens (tertiary/aromatic N) is 1. The van der Waals surface area contributed by atoms with E-state index in [0.717, 1.165) is 24.3 Å². The maximum Gasteiger partial charge on any atom is 0.264 e. The van der Waals surface area contributed by atoms with Gasteiger partial charge in [-0.2, -0.15) is 0 Å². The van der Waals surface area contributed by atoms with E-state index in [1.165, 1.54) is 17.4 Å². The molecule has 0 spiro atoms. The van der Waals surface area contributed by atoms with E-state index in [1.807, 2.05) is 22.4 Å². The third-order valence-corrected chi connectivity index (χ3v) is 4.69. The number of hydrogen-bond donors (Lipinski definition) is 0. The van der Waals surface area contributed by atoms with Crippen LogP contribution in [0.1, 0.15) is 28.1 Å². The van der Waals surface area contributed by atoms with E-state index in [2.05, 4.69) is 0 Å². The molecule has 0 bridgehead atoms. The maximum absolute atomic E-state index is 13.6. The average molecular weight is 319 g/mol. The van der Waals surface area contributed by atoms with Crippen LogP contribution in [0, 0.1) is 5.82 Å². The molecule has 1 aromatic carbocycles. The summed E-state index contributed by atoms with van der Waals surface area (Å²) in [7, 11) is 0. The Morgan fingerprint density at radius 3 is 2.95 bits per heavy atom. The van der Waals surface area contributed by atoms with Crippen molar-refractivity contribution in [2.24, 2.45) is 0 Å². The van der Waals surface area contributed by atoms with Gasteiger partial charge >= 0.3 is 0 Å². The molecule has 0 N–H and O–H groups in total. The molecule has 1 unspecified atom stereocenters. The van der Waals surface area contributed by atoms with Gasteiger partial charge in [-0.25, -0.2) is 4.39 Å². The van der Waals surface area contributed by atoms with Gasteiger partial charge in [0.05, 0.1) is 17.6 Å². The van der Waals surface area contributed by atoms with Crippen LogP contribution in [0.2, 0.25) is 0 Å². The lowest BCUT2D eigenvalue weighted by molar-refractivity contribution is -0.00748. The summed E-state index contributed by atoms with van der Waals surface area (Å²) in [5.41, 5.74) is 0.559. The summed E-state index contributed by atoms with van der Waals surface area (Å²) in [6.45, 7) is 1.58. The SMILES string of the molecule is O=C(c1cccs1)N1CCCC(OCc2ccccc2F)C1. The van der Waals surface area contributed by atoms with E-state index in [4.69, 9.17) is 4.74 Å². The summed E-state index contributed by atoms with van der Waals surface area (Å²) in [6, 6.07) is 10.4. The number of rotatable bonds is 4. The molecule has 0 aliphatic carbocycles. The third kappa shape index (κ3) is 3.54. The lowest BCUT2D eigenvalue weighted by Crippen LogP contribution is -2.43. The van der Waals surface area contributed by atoms with Crippen molar-refractivity contribution in [3.8, 4) is 0 Å². The molecule has 1 aromatic heterocycles. The predicted molar refractivity (Wildman–Crippen MR) is 84.4 cm³/mol. The fraction of sp³-hybridized carbons (Fsp3) is 0.353. The zero-order valence-corrected chi connectivity index (χ0v) is 13.0. The van der Waals surface area contributed by atoms with E-state index < -0.39 is 0 Å². The molecule has 1 aliphatic heterocycles. The second-order valence-corrected chi connectivity index (χ2v) is 6.34. The first-order valence-corrected chi connectivity index (χ1v) is 8.30. The van der Waals surface area contributed by atoms with Gasteiger partial charge in [-0.1, -0.05) is 24.3 Å². The van der Waals surface area contributed by atoms with Gasteiger partial charge in [0.1, 0.15) is 5.82 Å². The highest BCUT2D eigenvalue weighted by Gasteiger charge is 2.25. The van der Waals surface area contributed by atoms with Crippen molar-refractivity contribution in [2.45, 2.75) is 25.6 Å². The van der Waals surface area contributed by atoms with Crippen molar-refractivity contribution in [2.75, 3.05) is 13.1 Å². The molecule has 2 heterocycles. The van der Waals surface area contributed by atoms with Crippen molar-refractivity contribution in [1.82, 2.24) is 4.90 Å². The smallest absolute Gasteiger partial charge is 0.264 e. The molecule has 1 saturated heterocycles. The van der Waals surface area contributed by atoms with Crippen molar-refractivity contribution in [1.29, 1.82) is 0 Å². The zero-order chi connectivity index (χ0) is 15.4. The highest BCUT2D eigenvalue weighted by atomic mass is 32.1. The van der Waals surface area contributed by atoms with Crippen LogP contribution in [0.3, 0.4) is 0 Å². The number of carbonyl (C=O) groups excluding carboxylic acids is 1. The lowest BCUT2D eigenvalue weighted by atomic mass is 10.1. The summed E-state index contributed by atoms with van der Waals surface area (Å²) in [5, 5.41) is 1.91. The van der Waals surface area contributed by atoms with Gasteiger partial charge < -0.3 is 9.64 Å². The molecule has 1 aliphatic rings. The molecule has 1 atom stereocenters. The molecule has 0 radical (unpaired) electrons. The predicted octanol–water partition coefficient (Wildman–Crippen LogP) is 3.71. The van der Waals surface area contributed by atoms with Crippen LogP contribution in [0.5, 0.6) is 0 Å². The van der Waals surface area contributed by atoms with E-state index in [0.29, 0.717) is 12.1 Å². The molecule has 116 valence electrons. The maximum atomic E-state index is 13.6. The van der Waals surface area contributed by atoms with Crippen molar-refractivity contribution in [3.63, 3.8) is 0 Å². The molecular weight excluding hydrogens is 301 g/mol. The minimum atomic E-state index is -0.246. The Hall–Kier alpha value is -1.72. The largest absolute Gasteiger partial charge is 0.372 e. The Bertz CT molecular complexity index is 629. The fourth-order valence-electron chi connectivity index (χ4n) is 2.64. The number of thiophene rings is 1. The fourth-order valence-corrected chi connectivity index (χ4v) is 3.33. The molecule has 22 heavy (non-hydrogen) atoms. The number of ether oxygens (including phenoxy) is 1. The van der Waals surface area contributed by atoms with Gasteiger partial charge in [0.15, 0.2) is 0 Å². The Balaban J connectivity index is 1.57. The van der Waals surface area contributed by atoms with Crippen molar-refractivity contribution in [3.05, 3.63) is 58.0 Å². The zero-order valence-electron chi connectivity index (χ0n) is 12.2. The molecular formula is C17H18FNO2S. The summed E-state index contributed by atoms with van der Waals surface area (Å²) < 4.78 is 19.4. The first kappa shape index (κ1) is 15.2. The minimum Gasteiger partial charge on any atom is -0.372 e. The van der Waals surface area contributed by atoms with Gasteiger partial charge in [-0.05, 0) is 30.4 Å². The number of amides is 1. The summed E-state index contributed by atoms with van der Waals surface area (Å²) in [5.74, 6) is -0.181. The Labute approximate surface area is 133 Å². The minimum absolute atomic E-state index is 0.0303. The number of piperidine rings is 1. The number of hydrogen-bond acceptors (Lipinski definition) is 3. The second kappa shape index (κ2) is 7.03. The quantitative estimate of drug-likeness (QED) is 0.860. The topological polar surface area (TPSA) is 29.5 Å². The first-order valence-electron chi connectivity index (χ1n) is 7.42. The van der Waals surface area contributed by atoms with Gasteiger partial charge in [-0.3, -0.25) is 4.79 Å². The van der Waals surface area contributed by atoms with Crippen molar-refractivity contribution >= 4 is 17.2 Å². The van der Waals surface area contributed by atoms with Gasteiger partial charge in [0.2, 0.25) is 0 Å². The van der Waals surface area contributed by atoms with Crippen molar-refractivity contribution < 1.29 is 13.9 Å². The average Bonchev–Trinajstić information content (AvgIpc) is 3.08. The molecule has 2 aromatic rings. The molecule has 1 fully saturated rings. The molecule has 5 heteroatoms. The van der Waals surface area contributed by atoms with Crippen LogP contribution in [0.15, 0.2) is 41.8 Å². The first-order chi connectivity index (χ1) is 10.7. The summed E-state index contributed by atoms with van der Waals surface area (Å²) in [6.07, 6.45) is 1.79. The number of benzene rings is 1. The molecule has 1 amide bonds. The number of carbonyl (C=O) groups is 1. The van der Waals surface area contributed by atoms with Crippen LogP contribution < -0.4 is 0 Å². The monoisotopic (exact) mass is 319 g/mol. The Morgan fingerprint density at radius 1 is 1.32 bits per heavy atom. The second-order valence-electron chi connectivity index (χ2n) is 5.40. The Kier molecular flexibility index (Phi) is 4.85. The van der Waals surface area contributed by atoms with E-state index in [-0.39, 0.29) is 24.4 Å². The van der Waals surface area contributed by atoms with E-state index >= 15 is 0 Å². The van der Waals surface area contributed by atoms with Crippen LogP contribution >= 0.6 is 11.3 Å². The standard InChI is InChI=1S/C17H18FNO2S/c18-15-7-2-1-5-13(15)12-21-14-6-3-9-19(11-14)17(20)16-8-4-10-22-16/h1-2,4-5,7-8,10,14H,3,6,9,11-12H2. The van der Waals surface area contributed by atoms with Gasteiger partial charge in [0, 0.05) is 18.7 Å². The Morgan fingerprint density at radius 2 is 2.18 bits per heavy atom. The highest BCUT2D eigenvalue weighted by Crippen LogP contribution is 2.20. The highest BCUT2D eigenvalue weighted by molar-refractivity contribution is 7.12. The van der Waals surface area contributed by atoms with Gasteiger partial charge in [-0.15, -0.1) is 11.3 Å². The van der Waals surface area contributed by atoms with Crippen LogP contribution in [0.4, 0.5) is 4.39 Å². The normalized spacial score (nSPS) is 18.4. The number of likely N-dealkylation sites (tertiary alicyclic amines) is 1. The third-order valence-electron chi connectivity index (χ3n) is 3.83. The number of halogens is 1. The molecule has 3 rings (SSSR count). The van der Waals surface area contributed by atoms with E-state index in [1.54, 1.807) is 18.2 Å². The van der Waals surface area contributed by atoms with Crippen LogP contribution in [-0.4, -0.2) is 30.0 Å². The van der Waals surface area contributed by atoms with E-state index in [9.17, 15) is 9.18 Å². The van der Waals surface area contributed by atoms with Crippen LogP contribution in [0.25, 0.3) is 0 Å². The summed E-state index contributed by atoms with van der Waals surface area (Å²) >= 11 is 1.46.